The Morgan fingerprint density at radius 2 is 1.93 bits per heavy atom. The monoisotopic (exact) mass is 407 g/mol. The van der Waals surface area contributed by atoms with E-state index in [1.54, 1.807) is 18.3 Å². The van der Waals surface area contributed by atoms with Crippen molar-refractivity contribution in [2.75, 3.05) is 6.26 Å². The van der Waals surface area contributed by atoms with Gasteiger partial charge >= 0.3 is 0 Å². The lowest BCUT2D eigenvalue weighted by Crippen LogP contribution is -2.08. The number of H-pyrrole nitrogens is 1. The van der Waals surface area contributed by atoms with Crippen LogP contribution in [0, 0.1) is 17.2 Å². The molecule has 2 heterocycles. The van der Waals surface area contributed by atoms with Crippen molar-refractivity contribution in [2.45, 2.75) is 49.3 Å². The van der Waals surface area contributed by atoms with Gasteiger partial charge < -0.3 is 4.98 Å². The van der Waals surface area contributed by atoms with Gasteiger partial charge in [-0.3, -0.25) is 0 Å². The van der Waals surface area contributed by atoms with Gasteiger partial charge in [-0.05, 0) is 47.7 Å². The maximum Gasteiger partial charge on any atom is 0.175 e. The molecule has 3 aromatic rings. The minimum absolute atomic E-state index is 0.167. The number of hydrogen-bond acceptors (Lipinski definition) is 4. The van der Waals surface area contributed by atoms with Crippen LogP contribution in [0.5, 0.6) is 0 Å². The van der Waals surface area contributed by atoms with E-state index < -0.39 is 9.84 Å². The number of nitrogens with one attached hydrogen (secondary N) is 1. The zero-order chi connectivity index (χ0) is 20.4. The number of sulfone groups is 1. The molecule has 1 aliphatic carbocycles. The predicted molar refractivity (Wildman–Crippen MR) is 113 cm³/mol. The second kappa shape index (κ2) is 8.00. The molecule has 1 aliphatic rings. The van der Waals surface area contributed by atoms with Crippen LogP contribution in [0.25, 0.3) is 11.0 Å². The summed E-state index contributed by atoms with van der Waals surface area (Å²) >= 11 is 0. The minimum atomic E-state index is -3.21. The number of rotatable bonds is 6. The number of aromatic nitrogens is 2. The number of nitriles is 1. The van der Waals surface area contributed by atoms with E-state index in [4.69, 9.17) is 5.26 Å². The molecule has 1 atom stereocenters. The summed E-state index contributed by atoms with van der Waals surface area (Å²) in [6.07, 6.45) is 9.45. The second-order valence-electron chi connectivity index (χ2n) is 8.12. The summed E-state index contributed by atoms with van der Waals surface area (Å²) < 4.78 is 23.7. The summed E-state index contributed by atoms with van der Waals surface area (Å²) in [4.78, 5) is 8.31. The van der Waals surface area contributed by atoms with Gasteiger partial charge in [0, 0.05) is 29.5 Å². The lowest BCUT2D eigenvalue weighted by molar-refractivity contribution is 0.469. The summed E-state index contributed by atoms with van der Waals surface area (Å²) in [5, 5.41) is 9.96. The van der Waals surface area contributed by atoms with Gasteiger partial charge in [-0.1, -0.05) is 37.8 Å². The third-order valence-corrected chi connectivity index (χ3v) is 7.09. The van der Waals surface area contributed by atoms with Gasteiger partial charge in [-0.15, -0.1) is 0 Å². The number of fused-ring (bicyclic) bond motifs is 1. The first-order valence-corrected chi connectivity index (χ1v) is 12.0. The zero-order valence-electron chi connectivity index (χ0n) is 16.6. The Balaban J connectivity index is 1.72. The summed E-state index contributed by atoms with van der Waals surface area (Å²) in [7, 11) is -3.21. The van der Waals surface area contributed by atoms with Crippen molar-refractivity contribution in [1.82, 2.24) is 9.97 Å². The van der Waals surface area contributed by atoms with Crippen molar-refractivity contribution in [3.63, 3.8) is 0 Å². The van der Waals surface area contributed by atoms with E-state index in [9.17, 15) is 8.42 Å². The molecule has 0 spiro atoms. The van der Waals surface area contributed by atoms with Crippen LogP contribution in [-0.2, 0) is 16.3 Å². The average Bonchev–Trinajstić information content (AvgIpc) is 3.35. The molecular weight excluding hydrogens is 382 g/mol. The van der Waals surface area contributed by atoms with Gasteiger partial charge in [-0.25, -0.2) is 13.4 Å². The highest BCUT2D eigenvalue weighted by molar-refractivity contribution is 7.90. The molecule has 0 aliphatic heterocycles. The first kappa shape index (κ1) is 19.7. The van der Waals surface area contributed by atoms with Crippen LogP contribution in [0.15, 0.2) is 47.5 Å². The first-order chi connectivity index (χ1) is 13.9. The molecule has 1 aromatic carbocycles. The summed E-state index contributed by atoms with van der Waals surface area (Å²) in [5.41, 5.74) is 3.95. The van der Waals surface area contributed by atoms with E-state index in [1.807, 2.05) is 18.2 Å². The number of nitrogens with zero attached hydrogens (tertiary/aromatic N) is 2. The minimum Gasteiger partial charge on any atom is -0.343 e. The quantitative estimate of drug-likeness (QED) is 0.639. The molecule has 0 radical (unpaired) electrons. The predicted octanol–water partition coefficient (Wildman–Crippen LogP) is 4.74. The molecule has 4 rings (SSSR count). The van der Waals surface area contributed by atoms with Crippen molar-refractivity contribution in [3.8, 4) is 6.07 Å². The highest BCUT2D eigenvalue weighted by Crippen LogP contribution is 2.38. The fraction of sp³-hybridized carbons (Fsp3) is 0.391. The second-order valence-corrected chi connectivity index (χ2v) is 10.1. The van der Waals surface area contributed by atoms with Crippen LogP contribution in [0.4, 0.5) is 0 Å². The van der Waals surface area contributed by atoms with Crippen molar-refractivity contribution < 1.29 is 8.42 Å². The number of hydrogen-bond donors (Lipinski definition) is 1. The fourth-order valence-electron chi connectivity index (χ4n) is 4.43. The molecule has 5 nitrogen and oxygen atoms in total. The van der Waals surface area contributed by atoms with Gasteiger partial charge in [0.1, 0.15) is 5.65 Å². The van der Waals surface area contributed by atoms with Gasteiger partial charge in [0.25, 0.3) is 0 Å². The number of pyridine rings is 1. The Morgan fingerprint density at radius 1 is 1.21 bits per heavy atom. The summed E-state index contributed by atoms with van der Waals surface area (Å²) in [6.45, 7) is 0. The van der Waals surface area contributed by atoms with Crippen LogP contribution < -0.4 is 0 Å². The summed E-state index contributed by atoms with van der Waals surface area (Å²) in [6, 6.07) is 13.6. The molecular formula is C23H25N3O2S. The van der Waals surface area contributed by atoms with E-state index in [0.29, 0.717) is 17.2 Å². The van der Waals surface area contributed by atoms with Crippen molar-refractivity contribution >= 4 is 20.9 Å². The maximum atomic E-state index is 11.8. The van der Waals surface area contributed by atoms with Crippen molar-refractivity contribution in [3.05, 3.63) is 59.4 Å². The van der Waals surface area contributed by atoms with Crippen molar-refractivity contribution in [2.24, 2.45) is 5.92 Å². The molecule has 6 heteroatoms. The molecule has 2 aromatic heterocycles. The smallest absolute Gasteiger partial charge is 0.175 e. The van der Waals surface area contributed by atoms with Crippen LogP contribution in [0.2, 0.25) is 0 Å². The molecule has 0 bridgehead atoms. The normalized spacial score (nSPS) is 16.1. The van der Waals surface area contributed by atoms with E-state index in [1.165, 1.54) is 31.9 Å². The summed E-state index contributed by atoms with van der Waals surface area (Å²) in [5.74, 6) is 0.850. The molecule has 0 saturated heterocycles. The lowest BCUT2D eigenvalue weighted by Gasteiger charge is -2.20. The maximum absolute atomic E-state index is 11.8. The average molecular weight is 408 g/mol. The van der Waals surface area contributed by atoms with E-state index >= 15 is 0 Å². The van der Waals surface area contributed by atoms with E-state index in [-0.39, 0.29) is 5.92 Å². The van der Waals surface area contributed by atoms with Gasteiger partial charge in [0.2, 0.25) is 0 Å². The Labute approximate surface area is 171 Å². The molecule has 29 heavy (non-hydrogen) atoms. The van der Waals surface area contributed by atoms with Crippen LogP contribution in [0.3, 0.4) is 0 Å². The first-order valence-electron chi connectivity index (χ1n) is 10.1. The Hall–Kier alpha value is -2.65. The van der Waals surface area contributed by atoms with Crippen LogP contribution in [0.1, 0.15) is 54.8 Å². The zero-order valence-corrected chi connectivity index (χ0v) is 17.4. The Kier molecular flexibility index (Phi) is 5.42. The molecule has 1 N–H and O–H groups in total. The topological polar surface area (TPSA) is 86.6 Å². The van der Waals surface area contributed by atoms with E-state index in [0.717, 1.165) is 34.3 Å². The van der Waals surface area contributed by atoms with Gasteiger partial charge in [0.05, 0.1) is 17.4 Å². The SMILES string of the molecule is CS(=O)(=O)c1ccc(C(CC2CCCC2)c2cc3cc(CC#N)cnc3[nH]2)cc1. The third kappa shape index (κ3) is 4.35. The highest BCUT2D eigenvalue weighted by atomic mass is 32.2. The van der Waals surface area contributed by atoms with Gasteiger partial charge in [-0.2, -0.15) is 5.26 Å². The Morgan fingerprint density at radius 3 is 2.59 bits per heavy atom. The standard InChI is InChI=1S/C23H25N3O2S/c1-29(27,28)20-8-6-18(7-9-20)21(13-16-4-2-3-5-16)22-14-19-12-17(10-11-24)15-25-23(19)26-22/h6-9,12,14-16,21H,2-5,10,13H2,1H3,(H,25,26). The fourth-order valence-corrected chi connectivity index (χ4v) is 5.06. The van der Waals surface area contributed by atoms with E-state index in [2.05, 4.69) is 22.1 Å². The number of benzene rings is 1. The molecule has 1 saturated carbocycles. The van der Waals surface area contributed by atoms with Gasteiger partial charge in [0.15, 0.2) is 9.84 Å². The Bertz CT molecular complexity index is 1150. The lowest BCUT2D eigenvalue weighted by atomic mass is 9.85. The van der Waals surface area contributed by atoms with Crippen molar-refractivity contribution in [1.29, 1.82) is 5.26 Å². The highest BCUT2D eigenvalue weighted by Gasteiger charge is 2.24. The molecule has 0 amide bonds. The molecule has 1 fully saturated rings. The molecule has 1 unspecified atom stereocenters. The number of aromatic amines is 1. The van der Waals surface area contributed by atoms with Crippen LogP contribution >= 0.6 is 0 Å². The molecule has 150 valence electrons. The largest absolute Gasteiger partial charge is 0.343 e. The third-order valence-electron chi connectivity index (χ3n) is 5.96. The van der Waals surface area contributed by atoms with Crippen LogP contribution in [-0.4, -0.2) is 24.6 Å².